The normalized spacial score (nSPS) is 8.82. The number of hydroxylamine groups is 1. The molecule has 0 fully saturated rings. The zero-order chi connectivity index (χ0) is 8.69. The monoisotopic (exact) mass is 161 g/mol. The van der Waals surface area contributed by atoms with Crippen molar-refractivity contribution in [3.63, 3.8) is 0 Å². The number of amides is 3. The van der Waals surface area contributed by atoms with Gasteiger partial charge in [-0.2, -0.15) is 0 Å². The van der Waals surface area contributed by atoms with Crippen LogP contribution in [-0.2, 0) is 9.63 Å². The fourth-order valence-corrected chi connectivity index (χ4v) is 0.428. The summed E-state index contributed by atoms with van der Waals surface area (Å²) in [6.45, 7) is 0.213. The highest BCUT2D eigenvalue weighted by Crippen LogP contribution is 1.72. The Bertz CT molecular complexity index is 148. The van der Waals surface area contributed by atoms with E-state index in [2.05, 4.69) is 10.2 Å². The van der Waals surface area contributed by atoms with E-state index >= 15 is 0 Å². The number of nitrogens with two attached hydrogens (primary N) is 1. The maximum Gasteiger partial charge on any atom is 0.338 e. The van der Waals surface area contributed by atoms with Crippen LogP contribution in [0.5, 0.6) is 0 Å². The molecule has 0 spiro atoms. The number of hydrogen-bond acceptors (Lipinski definition) is 3. The summed E-state index contributed by atoms with van der Waals surface area (Å²) in [7, 11) is 1.31. The van der Waals surface area contributed by atoms with Crippen LogP contribution < -0.4 is 16.5 Å². The minimum Gasteiger partial charge on any atom is -0.370 e. The standard InChI is InChI=1S/C5H11N3O3/c1-11-8-5(10)7-3-2-4(6)9/h2-3H2,1H3,(H2,6,9)(H2,7,8,10). The first-order chi connectivity index (χ1) is 5.16. The van der Waals surface area contributed by atoms with Crippen molar-refractivity contribution in [2.45, 2.75) is 6.42 Å². The van der Waals surface area contributed by atoms with E-state index in [9.17, 15) is 9.59 Å². The third-order valence-corrected chi connectivity index (χ3v) is 0.852. The Morgan fingerprint density at radius 1 is 1.55 bits per heavy atom. The lowest BCUT2D eigenvalue weighted by Crippen LogP contribution is -2.36. The van der Waals surface area contributed by atoms with Gasteiger partial charge in [-0.05, 0) is 0 Å². The van der Waals surface area contributed by atoms with Crippen molar-refractivity contribution < 1.29 is 14.4 Å². The highest BCUT2D eigenvalue weighted by Gasteiger charge is 1.98. The van der Waals surface area contributed by atoms with E-state index < -0.39 is 11.9 Å². The van der Waals surface area contributed by atoms with Crippen molar-refractivity contribution >= 4 is 11.9 Å². The lowest BCUT2D eigenvalue weighted by Gasteiger charge is -2.02. The van der Waals surface area contributed by atoms with Crippen LogP contribution in [0.3, 0.4) is 0 Å². The molecule has 0 atom stereocenters. The molecule has 0 saturated heterocycles. The molecule has 0 heterocycles. The van der Waals surface area contributed by atoms with Crippen molar-refractivity contribution in [3.05, 3.63) is 0 Å². The lowest BCUT2D eigenvalue weighted by atomic mass is 10.4. The van der Waals surface area contributed by atoms with Gasteiger partial charge in [0.25, 0.3) is 0 Å². The van der Waals surface area contributed by atoms with Gasteiger partial charge in [0.1, 0.15) is 0 Å². The SMILES string of the molecule is CONC(=O)NCCC(N)=O. The Morgan fingerprint density at radius 3 is 2.64 bits per heavy atom. The summed E-state index contributed by atoms with van der Waals surface area (Å²) < 4.78 is 0. The summed E-state index contributed by atoms with van der Waals surface area (Å²) in [6.07, 6.45) is 0.122. The van der Waals surface area contributed by atoms with Gasteiger partial charge in [0.2, 0.25) is 5.91 Å². The molecule has 0 unspecified atom stereocenters. The molecule has 64 valence electrons. The largest absolute Gasteiger partial charge is 0.370 e. The molecule has 0 radical (unpaired) electrons. The van der Waals surface area contributed by atoms with Gasteiger partial charge in [-0.3, -0.25) is 9.63 Å². The highest BCUT2D eigenvalue weighted by molar-refractivity contribution is 5.76. The van der Waals surface area contributed by atoms with Crippen LogP contribution in [0.2, 0.25) is 0 Å². The number of carbonyl (C=O) groups excluding carboxylic acids is 2. The molecule has 0 aliphatic rings. The second kappa shape index (κ2) is 5.48. The molecular formula is C5H11N3O3. The van der Waals surface area contributed by atoms with Gasteiger partial charge in [-0.1, -0.05) is 0 Å². The predicted molar refractivity (Wildman–Crippen MR) is 37.4 cm³/mol. The van der Waals surface area contributed by atoms with Crippen molar-refractivity contribution in [2.75, 3.05) is 13.7 Å². The summed E-state index contributed by atoms with van der Waals surface area (Å²) in [5.74, 6) is -0.456. The molecule has 11 heavy (non-hydrogen) atoms. The predicted octanol–water partition coefficient (Wildman–Crippen LogP) is -1.28. The molecule has 0 saturated carbocycles. The molecule has 4 N–H and O–H groups in total. The van der Waals surface area contributed by atoms with Crippen molar-refractivity contribution in [2.24, 2.45) is 5.73 Å². The number of primary amides is 1. The molecule has 6 nitrogen and oxygen atoms in total. The van der Waals surface area contributed by atoms with Crippen LogP contribution in [0, 0.1) is 0 Å². The number of urea groups is 1. The number of rotatable bonds is 4. The van der Waals surface area contributed by atoms with E-state index in [0.717, 1.165) is 0 Å². The van der Waals surface area contributed by atoms with Crippen LogP contribution in [0.4, 0.5) is 4.79 Å². The zero-order valence-electron chi connectivity index (χ0n) is 6.22. The highest BCUT2D eigenvalue weighted by atomic mass is 16.6. The summed E-state index contributed by atoms with van der Waals surface area (Å²) in [5, 5.41) is 2.34. The molecule has 0 aliphatic heterocycles. The molecular weight excluding hydrogens is 150 g/mol. The van der Waals surface area contributed by atoms with Crippen LogP contribution in [0.1, 0.15) is 6.42 Å². The van der Waals surface area contributed by atoms with E-state index in [1.165, 1.54) is 7.11 Å². The third kappa shape index (κ3) is 6.59. The maximum absolute atomic E-state index is 10.5. The van der Waals surface area contributed by atoms with Gasteiger partial charge in [0.15, 0.2) is 0 Å². The topological polar surface area (TPSA) is 93.4 Å². The van der Waals surface area contributed by atoms with E-state index in [1.807, 2.05) is 5.48 Å². The van der Waals surface area contributed by atoms with Crippen molar-refractivity contribution in [3.8, 4) is 0 Å². The minimum absolute atomic E-state index is 0.122. The maximum atomic E-state index is 10.5. The quantitative estimate of drug-likeness (QED) is 0.448. The number of hydrogen-bond donors (Lipinski definition) is 3. The molecule has 0 aromatic heterocycles. The van der Waals surface area contributed by atoms with Gasteiger partial charge in [-0.25, -0.2) is 10.3 Å². The van der Waals surface area contributed by atoms with Gasteiger partial charge >= 0.3 is 6.03 Å². The van der Waals surface area contributed by atoms with Gasteiger partial charge in [-0.15, -0.1) is 0 Å². The number of nitrogens with one attached hydrogen (secondary N) is 2. The van der Waals surface area contributed by atoms with Crippen molar-refractivity contribution in [1.29, 1.82) is 0 Å². The Balaban J connectivity index is 3.24. The summed E-state index contributed by atoms with van der Waals surface area (Å²) >= 11 is 0. The second-order valence-corrected chi connectivity index (χ2v) is 1.78. The average molecular weight is 161 g/mol. The van der Waals surface area contributed by atoms with Crippen LogP contribution in [-0.4, -0.2) is 25.6 Å². The van der Waals surface area contributed by atoms with E-state index in [-0.39, 0.29) is 13.0 Å². The van der Waals surface area contributed by atoms with Gasteiger partial charge in [0, 0.05) is 13.0 Å². The third-order valence-electron chi connectivity index (χ3n) is 0.852. The van der Waals surface area contributed by atoms with Crippen molar-refractivity contribution in [1.82, 2.24) is 10.8 Å². The molecule has 0 aromatic rings. The van der Waals surface area contributed by atoms with E-state index in [4.69, 9.17) is 5.73 Å². The lowest BCUT2D eigenvalue weighted by molar-refractivity contribution is -0.117. The van der Waals surface area contributed by atoms with E-state index in [1.54, 1.807) is 0 Å². The average Bonchev–Trinajstić information content (AvgIpc) is 1.87. The Morgan fingerprint density at radius 2 is 2.18 bits per heavy atom. The fourth-order valence-electron chi connectivity index (χ4n) is 0.428. The second-order valence-electron chi connectivity index (χ2n) is 1.78. The summed E-state index contributed by atoms with van der Waals surface area (Å²) in [6, 6.07) is -0.492. The molecule has 0 aromatic carbocycles. The Labute approximate surface area is 64.0 Å². The molecule has 0 aliphatic carbocycles. The zero-order valence-corrected chi connectivity index (χ0v) is 6.22. The first-order valence-corrected chi connectivity index (χ1v) is 3.02. The molecule has 6 heteroatoms. The Hall–Kier alpha value is -1.30. The summed E-state index contributed by atoms with van der Waals surface area (Å²) in [5.41, 5.74) is 6.83. The van der Waals surface area contributed by atoms with Gasteiger partial charge in [0.05, 0.1) is 7.11 Å². The molecule has 0 bridgehead atoms. The van der Waals surface area contributed by atoms with E-state index in [0.29, 0.717) is 0 Å². The summed E-state index contributed by atoms with van der Waals surface area (Å²) in [4.78, 5) is 25.0. The minimum atomic E-state index is -0.492. The Kier molecular flexibility index (Phi) is 4.83. The van der Waals surface area contributed by atoms with Crippen LogP contribution in [0.25, 0.3) is 0 Å². The van der Waals surface area contributed by atoms with Crippen LogP contribution in [0.15, 0.2) is 0 Å². The van der Waals surface area contributed by atoms with Gasteiger partial charge < -0.3 is 11.1 Å². The molecule has 3 amide bonds. The first kappa shape index (κ1) is 9.70. The van der Waals surface area contributed by atoms with Crippen LogP contribution >= 0.6 is 0 Å². The molecule has 0 rings (SSSR count). The number of carbonyl (C=O) groups is 2. The fraction of sp³-hybridized carbons (Fsp3) is 0.600. The first-order valence-electron chi connectivity index (χ1n) is 3.02. The smallest absolute Gasteiger partial charge is 0.338 e.